The maximum absolute atomic E-state index is 13.2. The minimum Gasteiger partial charge on any atom is -0.457 e. The van der Waals surface area contributed by atoms with Crippen molar-refractivity contribution in [1.29, 1.82) is 0 Å². The van der Waals surface area contributed by atoms with Crippen molar-refractivity contribution < 1.29 is 13.2 Å². The molecule has 0 saturated carbocycles. The molecule has 0 fully saturated rings. The molecule has 5 rings (SSSR count). The molecule has 0 unspecified atom stereocenters. The Kier molecular flexibility index (Phi) is 6.08. The van der Waals surface area contributed by atoms with Gasteiger partial charge in [-0.05, 0) is 49.0 Å². The molecule has 2 aromatic carbocycles. The molecular weight excluding hydrogens is 480 g/mol. The van der Waals surface area contributed by atoms with E-state index in [1.807, 2.05) is 13.2 Å². The van der Waals surface area contributed by atoms with Gasteiger partial charge in [-0.15, -0.1) is 0 Å². The summed E-state index contributed by atoms with van der Waals surface area (Å²) in [6.45, 7) is 0.165. The van der Waals surface area contributed by atoms with Crippen molar-refractivity contribution in [3.8, 4) is 22.8 Å². The number of hydrogen-bond acceptors (Lipinski definition) is 7. The number of ether oxygens (including phenoxy) is 1. The molecule has 11 heteroatoms. The molecule has 0 aliphatic heterocycles. The highest BCUT2D eigenvalue weighted by Gasteiger charge is 2.13. The zero-order chi connectivity index (χ0) is 25.3. The first kappa shape index (κ1) is 23.4. The fourth-order valence-corrected chi connectivity index (χ4v) is 4.56. The van der Waals surface area contributed by atoms with Gasteiger partial charge in [-0.25, -0.2) is 18.1 Å². The molecule has 3 aromatic heterocycles. The maximum atomic E-state index is 13.2. The van der Waals surface area contributed by atoms with Crippen LogP contribution in [0.1, 0.15) is 5.56 Å². The Hall–Kier alpha value is -4.35. The number of fused-ring (bicyclic) bond motifs is 1. The molecule has 0 aliphatic carbocycles. The Morgan fingerprint density at radius 2 is 1.86 bits per heavy atom. The van der Waals surface area contributed by atoms with Crippen LogP contribution in [0.4, 0.5) is 0 Å². The number of pyridine rings is 1. The highest BCUT2D eigenvalue weighted by atomic mass is 32.2. The zero-order valence-corrected chi connectivity index (χ0v) is 20.3. The van der Waals surface area contributed by atoms with Crippen molar-refractivity contribution in [2.75, 3.05) is 7.05 Å². The fraction of sp³-hybridized carbons (Fsp3) is 0.120. The molecule has 0 saturated heterocycles. The predicted molar refractivity (Wildman–Crippen MR) is 134 cm³/mol. The van der Waals surface area contributed by atoms with Crippen molar-refractivity contribution in [3.05, 3.63) is 95.4 Å². The van der Waals surface area contributed by atoms with Gasteiger partial charge in [0, 0.05) is 31.1 Å². The summed E-state index contributed by atoms with van der Waals surface area (Å²) in [5.74, 6) is 1.04. The van der Waals surface area contributed by atoms with Crippen LogP contribution in [0.2, 0.25) is 0 Å². The molecule has 0 bridgehead atoms. The molecule has 1 N–H and O–H groups in total. The molecule has 0 aliphatic rings. The van der Waals surface area contributed by atoms with Crippen LogP contribution < -0.4 is 15.0 Å². The van der Waals surface area contributed by atoms with Crippen LogP contribution in [0, 0.1) is 0 Å². The van der Waals surface area contributed by atoms with E-state index in [1.54, 1.807) is 59.5 Å². The molecular formula is C25H22N6O4S. The summed E-state index contributed by atoms with van der Waals surface area (Å²) in [6.07, 6.45) is 6.68. The summed E-state index contributed by atoms with van der Waals surface area (Å²) in [5, 5.41) is 4.55. The van der Waals surface area contributed by atoms with Crippen LogP contribution in [-0.2, 0) is 23.6 Å². The summed E-state index contributed by atoms with van der Waals surface area (Å²) in [5.41, 5.74) is 2.49. The normalized spacial score (nSPS) is 11.6. The lowest BCUT2D eigenvalue weighted by atomic mass is 10.2. The SMILES string of the molecule is CNS(=O)(=O)c1cccc(Cn2cnc3ccc(Oc4ccnc(-c5cnn(C)c5)c4)cc3c2=O)c1. The van der Waals surface area contributed by atoms with Gasteiger partial charge in [-0.2, -0.15) is 5.10 Å². The van der Waals surface area contributed by atoms with E-state index in [9.17, 15) is 13.2 Å². The van der Waals surface area contributed by atoms with Gasteiger partial charge >= 0.3 is 0 Å². The lowest BCUT2D eigenvalue weighted by molar-refractivity contribution is 0.483. The third kappa shape index (κ3) is 4.74. The highest BCUT2D eigenvalue weighted by Crippen LogP contribution is 2.27. The number of hydrogen-bond donors (Lipinski definition) is 1. The topological polar surface area (TPSA) is 121 Å². The van der Waals surface area contributed by atoms with Gasteiger partial charge in [0.1, 0.15) is 11.5 Å². The van der Waals surface area contributed by atoms with Crippen LogP contribution in [0.25, 0.3) is 22.2 Å². The smallest absolute Gasteiger partial charge is 0.261 e. The lowest BCUT2D eigenvalue weighted by Crippen LogP contribution is -2.22. The molecule has 0 amide bonds. The Labute approximate surface area is 206 Å². The monoisotopic (exact) mass is 502 g/mol. The number of nitrogens with one attached hydrogen (secondary N) is 1. The summed E-state index contributed by atoms with van der Waals surface area (Å²) < 4.78 is 35.7. The third-order valence-electron chi connectivity index (χ3n) is 5.59. The number of aryl methyl sites for hydroxylation is 1. The Bertz CT molecular complexity index is 1740. The summed E-state index contributed by atoms with van der Waals surface area (Å²) >= 11 is 0. The van der Waals surface area contributed by atoms with E-state index in [0.29, 0.717) is 33.7 Å². The summed E-state index contributed by atoms with van der Waals surface area (Å²) in [6, 6.07) is 15.1. The van der Waals surface area contributed by atoms with Crippen molar-refractivity contribution >= 4 is 20.9 Å². The molecule has 5 aromatic rings. The van der Waals surface area contributed by atoms with E-state index in [-0.39, 0.29) is 17.0 Å². The van der Waals surface area contributed by atoms with Crippen LogP contribution in [-0.4, -0.2) is 39.8 Å². The van der Waals surface area contributed by atoms with Gasteiger partial charge in [0.15, 0.2) is 0 Å². The second kappa shape index (κ2) is 9.36. The number of rotatable bonds is 7. The van der Waals surface area contributed by atoms with Gasteiger partial charge in [0.2, 0.25) is 10.0 Å². The van der Waals surface area contributed by atoms with E-state index in [0.717, 1.165) is 5.56 Å². The molecule has 3 heterocycles. The Morgan fingerprint density at radius 3 is 2.64 bits per heavy atom. The van der Waals surface area contributed by atoms with Crippen LogP contribution in [0.3, 0.4) is 0 Å². The predicted octanol–water partition coefficient (Wildman–Crippen LogP) is 2.94. The van der Waals surface area contributed by atoms with Gasteiger partial charge in [-0.1, -0.05) is 12.1 Å². The minimum atomic E-state index is -3.59. The molecule has 0 spiro atoms. The lowest BCUT2D eigenvalue weighted by Gasteiger charge is -2.10. The van der Waals surface area contributed by atoms with Crippen LogP contribution >= 0.6 is 0 Å². The van der Waals surface area contributed by atoms with Crippen molar-refractivity contribution in [2.24, 2.45) is 7.05 Å². The van der Waals surface area contributed by atoms with Crippen molar-refractivity contribution in [3.63, 3.8) is 0 Å². The molecule has 182 valence electrons. The van der Waals surface area contributed by atoms with E-state index in [1.165, 1.54) is 30.1 Å². The largest absolute Gasteiger partial charge is 0.457 e. The maximum Gasteiger partial charge on any atom is 0.261 e. The van der Waals surface area contributed by atoms with Crippen molar-refractivity contribution in [2.45, 2.75) is 11.4 Å². The van der Waals surface area contributed by atoms with Crippen LogP contribution in [0.5, 0.6) is 11.5 Å². The standard InChI is InChI=1S/C25H22N6O4S/c1-26-36(33,34)21-5-3-4-17(10-21)14-31-16-28-23-7-6-19(11-22(23)25(31)32)35-20-8-9-27-24(12-20)18-13-29-30(2)15-18/h3-13,15-16,26H,14H2,1-2H3. The number of aromatic nitrogens is 5. The second-order valence-corrected chi connectivity index (χ2v) is 9.98. The Balaban J connectivity index is 1.44. The molecule has 36 heavy (non-hydrogen) atoms. The molecule has 0 radical (unpaired) electrons. The Morgan fingerprint density at radius 1 is 1.03 bits per heavy atom. The van der Waals surface area contributed by atoms with Gasteiger partial charge in [-0.3, -0.25) is 19.0 Å². The second-order valence-electron chi connectivity index (χ2n) is 8.09. The van der Waals surface area contributed by atoms with E-state index in [2.05, 4.69) is 19.8 Å². The number of nitrogens with zero attached hydrogens (tertiary/aromatic N) is 5. The first-order valence-corrected chi connectivity index (χ1v) is 12.5. The summed E-state index contributed by atoms with van der Waals surface area (Å²) in [7, 11) is -0.405. The highest BCUT2D eigenvalue weighted by molar-refractivity contribution is 7.89. The van der Waals surface area contributed by atoms with E-state index >= 15 is 0 Å². The zero-order valence-electron chi connectivity index (χ0n) is 19.5. The van der Waals surface area contributed by atoms with Crippen LogP contribution in [0.15, 0.2) is 89.2 Å². The minimum absolute atomic E-state index is 0.128. The average Bonchev–Trinajstić information content (AvgIpc) is 3.33. The van der Waals surface area contributed by atoms with E-state index in [4.69, 9.17) is 4.74 Å². The number of sulfonamides is 1. The van der Waals surface area contributed by atoms with Gasteiger partial charge < -0.3 is 4.74 Å². The van der Waals surface area contributed by atoms with Gasteiger partial charge in [0.05, 0.1) is 40.6 Å². The average molecular weight is 503 g/mol. The van der Waals surface area contributed by atoms with Crippen molar-refractivity contribution in [1.82, 2.24) is 29.0 Å². The number of benzene rings is 2. The third-order valence-corrected chi connectivity index (χ3v) is 7.01. The first-order chi connectivity index (χ1) is 17.3. The van der Waals surface area contributed by atoms with Gasteiger partial charge in [0.25, 0.3) is 5.56 Å². The fourth-order valence-electron chi connectivity index (χ4n) is 3.76. The molecule has 0 atom stereocenters. The van der Waals surface area contributed by atoms with E-state index < -0.39 is 10.0 Å². The first-order valence-electron chi connectivity index (χ1n) is 11.0. The molecule has 10 nitrogen and oxygen atoms in total. The summed E-state index contributed by atoms with van der Waals surface area (Å²) in [4.78, 5) is 22.1. The quantitative estimate of drug-likeness (QED) is 0.363.